The summed E-state index contributed by atoms with van der Waals surface area (Å²) in [6.45, 7) is 2.06. The molecule has 0 fully saturated rings. The maximum Gasteiger partial charge on any atom is 0.175 e. The van der Waals surface area contributed by atoms with Gasteiger partial charge in [-0.1, -0.05) is 35.4 Å². The first-order chi connectivity index (χ1) is 8.24. The van der Waals surface area contributed by atoms with Gasteiger partial charge in [0.2, 0.25) is 0 Å². The van der Waals surface area contributed by atoms with E-state index in [1.54, 1.807) is 6.20 Å². The van der Waals surface area contributed by atoms with Gasteiger partial charge in [-0.05, 0) is 13.0 Å². The molecule has 0 radical (unpaired) electrons. The van der Waals surface area contributed by atoms with Gasteiger partial charge in [-0.25, -0.2) is 9.97 Å². The van der Waals surface area contributed by atoms with Gasteiger partial charge in [-0.15, -0.1) is 0 Å². The Hall–Kier alpha value is -1.87. The highest BCUT2D eigenvalue weighted by atomic mass is 35.5. The van der Waals surface area contributed by atoms with Gasteiger partial charge in [0.05, 0.1) is 5.69 Å². The molecule has 0 aliphatic carbocycles. The van der Waals surface area contributed by atoms with E-state index in [2.05, 4.69) is 29.0 Å². The van der Waals surface area contributed by atoms with Crippen LogP contribution in [-0.4, -0.2) is 14.4 Å². The van der Waals surface area contributed by atoms with Crippen LogP contribution in [0.4, 0.5) is 0 Å². The van der Waals surface area contributed by atoms with Crippen LogP contribution in [0.25, 0.3) is 16.9 Å². The second kappa shape index (κ2) is 3.86. The van der Waals surface area contributed by atoms with Crippen LogP contribution in [0.5, 0.6) is 0 Å². The minimum Gasteiger partial charge on any atom is -0.302 e. The fourth-order valence-electron chi connectivity index (χ4n) is 1.83. The van der Waals surface area contributed by atoms with Gasteiger partial charge in [0, 0.05) is 24.2 Å². The van der Waals surface area contributed by atoms with Crippen molar-refractivity contribution in [2.75, 3.05) is 0 Å². The molecule has 0 saturated carbocycles. The van der Waals surface area contributed by atoms with Crippen molar-refractivity contribution in [3.05, 3.63) is 53.6 Å². The van der Waals surface area contributed by atoms with E-state index in [9.17, 15) is 0 Å². The zero-order valence-electron chi connectivity index (χ0n) is 9.26. The summed E-state index contributed by atoms with van der Waals surface area (Å²) >= 11 is 5.99. The second-order valence-corrected chi connectivity index (χ2v) is 4.30. The molecule has 0 unspecified atom stereocenters. The summed E-state index contributed by atoms with van der Waals surface area (Å²) in [4.78, 5) is 8.51. The lowest BCUT2D eigenvalue weighted by Crippen LogP contribution is -1.84. The molecule has 1 aromatic carbocycles. The van der Waals surface area contributed by atoms with E-state index in [4.69, 9.17) is 11.6 Å². The van der Waals surface area contributed by atoms with E-state index in [0.29, 0.717) is 10.8 Å². The first-order valence-electron chi connectivity index (χ1n) is 5.30. The molecule has 2 aromatic heterocycles. The van der Waals surface area contributed by atoms with Crippen LogP contribution in [0, 0.1) is 6.92 Å². The van der Waals surface area contributed by atoms with E-state index >= 15 is 0 Å². The Balaban J connectivity index is 2.22. The van der Waals surface area contributed by atoms with Gasteiger partial charge < -0.3 is 4.40 Å². The first-order valence-corrected chi connectivity index (χ1v) is 5.68. The first kappa shape index (κ1) is 10.3. The topological polar surface area (TPSA) is 30.2 Å². The Bertz CT molecular complexity index is 688. The Morgan fingerprint density at radius 3 is 2.94 bits per heavy atom. The van der Waals surface area contributed by atoms with Crippen molar-refractivity contribution in [3.63, 3.8) is 0 Å². The maximum atomic E-state index is 5.99. The number of nitrogens with zero attached hydrogens (tertiary/aromatic N) is 3. The third-order valence-electron chi connectivity index (χ3n) is 2.65. The SMILES string of the molecule is Cc1cccc(-c2cn3ccnc(Cl)c3n2)c1. The lowest BCUT2D eigenvalue weighted by molar-refractivity contribution is 1.13. The largest absolute Gasteiger partial charge is 0.302 e. The summed E-state index contributed by atoms with van der Waals surface area (Å²) in [6.07, 6.45) is 5.46. The smallest absolute Gasteiger partial charge is 0.175 e. The van der Waals surface area contributed by atoms with Gasteiger partial charge in [0.1, 0.15) is 0 Å². The highest BCUT2D eigenvalue weighted by Gasteiger charge is 2.07. The highest BCUT2D eigenvalue weighted by molar-refractivity contribution is 6.32. The Kier molecular flexibility index (Phi) is 2.34. The van der Waals surface area contributed by atoms with Gasteiger partial charge in [-0.2, -0.15) is 0 Å². The van der Waals surface area contributed by atoms with E-state index in [0.717, 1.165) is 11.3 Å². The maximum absolute atomic E-state index is 5.99. The fourth-order valence-corrected chi connectivity index (χ4v) is 2.03. The third-order valence-corrected chi connectivity index (χ3v) is 2.91. The zero-order chi connectivity index (χ0) is 11.8. The van der Waals surface area contributed by atoms with E-state index in [1.165, 1.54) is 5.56 Å². The summed E-state index contributed by atoms with van der Waals surface area (Å²) in [7, 11) is 0. The van der Waals surface area contributed by atoms with Crippen molar-refractivity contribution < 1.29 is 0 Å². The average molecular weight is 244 g/mol. The van der Waals surface area contributed by atoms with Crippen LogP contribution in [0.15, 0.2) is 42.9 Å². The van der Waals surface area contributed by atoms with Crippen LogP contribution >= 0.6 is 11.6 Å². The van der Waals surface area contributed by atoms with Crippen LogP contribution < -0.4 is 0 Å². The molecule has 0 aliphatic rings. The van der Waals surface area contributed by atoms with Gasteiger partial charge in [0.15, 0.2) is 10.8 Å². The molecule has 0 bridgehead atoms. The van der Waals surface area contributed by atoms with Crippen LogP contribution in [0.1, 0.15) is 5.56 Å². The fraction of sp³-hybridized carbons (Fsp3) is 0.0769. The molecule has 0 amide bonds. The number of hydrogen-bond donors (Lipinski definition) is 0. The molecule has 0 atom stereocenters. The average Bonchev–Trinajstić information content (AvgIpc) is 2.74. The third kappa shape index (κ3) is 1.78. The summed E-state index contributed by atoms with van der Waals surface area (Å²) in [5.41, 5.74) is 3.89. The Morgan fingerprint density at radius 1 is 1.29 bits per heavy atom. The molecule has 84 valence electrons. The highest BCUT2D eigenvalue weighted by Crippen LogP contribution is 2.22. The molecule has 0 aliphatic heterocycles. The standard InChI is InChI=1S/C13H10ClN3/c1-9-3-2-4-10(7-9)11-8-17-6-5-15-12(14)13(17)16-11/h2-8H,1H3. The predicted octanol–water partition coefficient (Wildman–Crippen LogP) is 3.36. The number of fused-ring (bicyclic) bond motifs is 1. The summed E-state index contributed by atoms with van der Waals surface area (Å²) in [5.74, 6) is 0. The number of aromatic nitrogens is 3. The van der Waals surface area contributed by atoms with Crippen LogP contribution in [0.2, 0.25) is 5.15 Å². The number of halogens is 1. The monoisotopic (exact) mass is 243 g/mol. The molecule has 3 aromatic rings. The van der Waals surface area contributed by atoms with Crippen molar-refractivity contribution in [1.29, 1.82) is 0 Å². The van der Waals surface area contributed by atoms with Crippen molar-refractivity contribution >= 4 is 17.2 Å². The van der Waals surface area contributed by atoms with Crippen molar-refractivity contribution in [3.8, 4) is 11.3 Å². The number of rotatable bonds is 1. The molecule has 0 saturated heterocycles. The van der Waals surface area contributed by atoms with Gasteiger partial charge in [0.25, 0.3) is 0 Å². The predicted molar refractivity (Wildman–Crippen MR) is 68.2 cm³/mol. The number of hydrogen-bond acceptors (Lipinski definition) is 2. The summed E-state index contributed by atoms with van der Waals surface area (Å²) in [6, 6.07) is 8.22. The van der Waals surface area contributed by atoms with Gasteiger partial charge >= 0.3 is 0 Å². The molecular weight excluding hydrogens is 234 g/mol. The summed E-state index contributed by atoms with van der Waals surface area (Å²) < 4.78 is 1.88. The quantitative estimate of drug-likeness (QED) is 0.656. The number of benzene rings is 1. The Morgan fingerprint density at radius 2 is 2.18 bits per heavy atom. The molecule has 17 heavy (non-hydrogen) atoms. The molecular formula is C13H10ClN3. The molecule has 2 heterocycles. The van der Waals surface area contributed by atoms with Crippen molar-refractivity contribution in [1.82, 2.24) is 14.4 Å². The zero-order valence-corrected chi connectivity index (χ0v) is 10.0. The minimum absolute atomic E-state index is 0.423. The minimum atomic E-state index is 0.423. The lowest BCUT2D eigenvalue weighted by atomic mass is 10.1. The van der Waals surface area contributed by atoms with Crippen LogP contribution in [0.3, 0.4) is 0 Å². The summed E-state index contributed by atoms with van der Waals surface area (Å²) in [5, 5.41) is 0.423. The lowest BCUT2D eigenvalue weighted by Gasteiger charge is -1.96. The Labute approximate surface area is 104 Å². The molecule has 4 heteroatoms. The van der Waals surface area contributed by atoms with E-state index < -0.39 is 0 Å². The van der Waals surface area contributed by atoms with E-state index in [-0.39, 0.29) is 0 Å². The molecule has 0 spiro atoms. The number of imidazole rings is 1. The molecule has 3 nitrogen and oxygen atoms in total. The van der Waals surface area contributed by atoms with E-state index in [1.807, 2.05) is 28.9 Å². The molecule has 3 rings (SSSR count). The number of aryl methyl sites for hydroxylation is 1. The van der Waals surface area contributed by atoms with Gasteiger partial charge in [-0.3, -0.25) is 0 Å². The van der Waals surface area contributed by atoms with Crippen molar-refractivity contribution in [2.45, 2.75) is 6.92 Å². The van der Waals surface area contributed by atoms with Crippen molar-refractivity contribution in [2.24, 2.45) is 0 Å². The normalized spacial score (nSPS) is 10.9. The van der Waals surface area contributed by atoms with Crippen LogP contribution in [-0.2, 0) is 0 Å². The molecule has 0 N–H and O–H groups in total. The second-order valence-electron chi connectivity index (χ2n) is 3.94.